The number of carbonyl (C=O) groups excluding carboxylic acids is 2. The topological polar surface area (TPSA) is 105 Å². The summed E-state index contributed by atoms with van der Waals surface area (Å²) in [4.78, 5) is 24.4. The van der Waals surface area contributed by atoms with E-state index in [1.807, 2.05) is 19.1 Å². The first-order valence-electron chi connectivity index (χ1n) is 9.72. The van der Waals surface area contributed by atoms with E-state index in [9.17, 15) is 18.0 Å². The number of nitrogens with one attached hydrogen (secondary N) is 2. The van der Waals surface area contributed by atoms with Crippen molar-refractivity contribution in [1.82, 2.24) is 4.31 Å². The summed E-state index contributed by atoms with van der Waals surface area (Å²) in [7, 11) is -3.93. The molecule has 2 aromatic rings. The number of sulfonamides is 1. The van der Waals surface area contributed by atoms with E-state index in [0.29, 0.717) is 35.5 Å². The minimum absolute atomic E-state index is 0.0763. The molecule has 1 fully saturated rings. The summed E-state index contributed by atoms with van der Waals surface area (Å²) in [5.41, 5.74) is 2.62. The van der Waals surface area contributed by atoms with E-state index in [2.05, 4.69) is 10.6 Å². The molecule has 2 heterocycles. The lowest BCUT2D eigenvalue weighted by atomic mass is 10.2. The lowest BCUT2D eigenvalue weighted by Crippen LogP contribution is -2.43. The van der Waals surface area contributed by atoms with E-state index in [4.69, 9.17) is 4.74 Å². The molecule has 158 valence electrons. The Labute approximate surface area is 175 Å². The normalized spacial score (nSPS) is 19.0. The number of hydrogen-bond donors (Lipinski definition) is 2. The highest BCUT2D eigenvalue weighted by Crippen LogP contribution is 2.36. The zero-order valence-corrected chi connectivity index (χ0v) is 17.6. The molecule has 0 saturated carbocycles. The van der Waals surface area contributed by atoms with Gasteiger partial charge in [-0.2, -0.15) is 4.31 Å². The van der Waals surface area contributed by atoms with Gasteiger partial charge in [0.2, 0.25) is 15.9 Å². The first-order chi connectivity index (χ1) is 14.3. The number of amides is 2. The molecule has 2 aliphatic rings. The predicted molar refractivity (Wildman–Crippen MR) is 112 cm³/mol. The van der Waals surface area contributed by atoms with Crippen LogP contribution in [0.5, 0.6) is 5.75 Å². The summed E-state index contributed by atoms with van der Waals surface area (Å²) in [6.45, 7) is 3.71. The molecular formula is C21H23N3O5S. The quantitative estimate of drug-likeness (QED) is 0.777. The van der Waals surface area contributed by atoms with Gasteiger partial charge in [-0.1, -0.05) is 17.7 Å². The third kappa shape index (κ3) is 3.78. The van der Waals surface area contributed by atoms with Crippen LogP contribution in [0.15, 0.2) is 41.3 Å². The van der Waals surface area contributed by atoms with Crippen LogP contribution in [-0.4, -0.2) is 43.7 Å². The Hall–Kier alpha value is -2.91. The van der Waals surface area contributed by atoms with E-state index in [-0.39, 0.29) is 29.9 Å². The molecule has 2 aliphatic heterocycles. The van der Waals surface area contributed by atoms with Crippen LogP contribution in [0.25, 0.3) is 0 Å². The van der Waals surface area contributed by atoms with Gasteiger partial charge in [0.1, 0.15) is 11.8 Å². The Balaban J connectivity index is 1.61. The molecule has 30 heavy (non-hydrogen) atoms. The Morgan fingerprint density at radius 1 is 1.20 bits per heavy atom. The maximum atomic E-state index is 13.4. The Morgan fingerprint density at radius 2 is 1.93 bits per heavy atom. The molecule has 8 nitrogen and oxygen atoms in total. The van der Waals surface area contributed by atoms with Crippen molar-refractivity contribution < 1.29 is 22.7 Å². The van der Waals surface area contributed by atoms with Crippen LogP contribution in [0.4, 0.5) is 11.4 Å². The van der Waals surface area contributed by atoms with Gasteiger partial charge in [0.05, 0.1) is 10.6 Å². The summed E-state index contributed by atoms with van der Waals surface area (Å²) in [5, 5.41) is 5.49. The summed E-state index contributed by atoms with van der Waals surface area (Å²) in [6.07, 6.45) is 1.05. The molecule has 0 spiro atoms. The number of benzene rings is 2. The number of ether oxygens (including phenoxy) is 1. The van der Waals surface area contributed by atoms with Crippen molar-refractivity contribution in [2.75, 3.05) is 23.8 Å². The van der Waals surface area contributed by atoms with Crippen LogP contribution in [0, 0.1) is 13.8 Å². The zero-order chi connectivity index (χ0) is 21.5. The molecule has 2 aromatic carbocycles. The van der Waals surface area contributed by atoms with E-state index in [1.165, 1.54) is 10.4 Å². The number of nitrogens with zero attached hydrogens (tertiary/aromatic N) is 1. The monoisotopic (exact) mass is 429 g/mol. The molecule has 1 atom stereocenters. The molecule has 0 radical (unpaired) electrons. The van der Waals surface area contributed by atoms with Gasteiger partial charge in [-0.15, -0.1) is 0 Å². The minimum atomic E-state index is -3.93. The molecule has 1 saturated heterocycles. The van der Waals surface area contributed by atoms with Crippen molar-refractivity contribution in [3.05, 3.63) is 47.5 Å². The van der Waals surface area contributed by atoms with Gasteiger partial charge in [-0.25, -0.2) is 8.42 Å². The molecule has 0 bridgehead atoms. The number of hydrogen-bond acceptors (Lipinski definition) is 5. The second-order valence-electron chi connectivity index (χ2n) is 7.58. The van der Waals surface area contributed by atoms with Crippen molar-refractivity contribution in [2.45, 2.75) is 37.6 Å². The van der Waals surface area contributed by atoms with Gasteiger partial charge in [-0.3, -0.25) is 9.59 Å². The SMILES string of the molecule is Cc1ccc(NC(=O)C2CCCN2S(=O)(=O)c2cc3c(cc2C)NC(=O)CO3)cc1. The van der Waals surface area contributed by atoms with Crippen molar-refractivity contribution in [3.8, 4) is 5.75 Å². The molecule has 0 aromatic heterocycles. The van der Waals surface area contributed by atoms with Crippen LogP contribution in [0.1, 0.15) is 24.0 Å². The van der Waals surface area contributed by atoms with Gasteiger partial charge < -0.3 is 15.4 Å². The van der Waals surface area contributed by atoms with E-state index in [0.717, 1.165) is 5.56 Å². The van der Waals surface area contributed by atoms with Gasteiger partial charge in [-0.05, 0) is 50.5 Å². The number of aryl methyl sites for hydroxylation is 2. The Bertz CT molecular complexity index is 1110. The van der Waals surface area contributed by atoms with Crippen molar-refractivity contribution in [3.63, 3.8) is 0 Å². The summed E-state index contributed by atoms with van der Waals surface area (Å²) in [6, 6.07) is 9.57. The predicted octanol–water partition coefficient (Wildman–Crippen LogP) is 2.43. The lowest BCUT2D eigenvalue weighted by Gasteiger charge is -2.26. The van der Waals surface area contributed by atoms with E-state index < -0.39 is 16.1 Å². The highest BCUT2D eigenvalue weighted by Gasteiger charge is 2.40. The average Bonchev–Trinajstić information content (AvgIpc) is 3.20. The van der Waals surface area contributed by atoms with Gasteiger partial charge >= 0.3 is 0 Å². The van der Waals surface area contributed by atoms with Crippen LogP contribution < -0.4 is 15.4 Å². The van der Waals surface area contributed by atoms with Crippen LogP contribution >= 0.6 is 0 Å². The third-order valence-corrected chi connectivity index (χ3v) is 7.37. The number of carbonyl (C=O) groups is 2. The summed E-state index contributed by atoms with van der Waals surface area (Å²) >= 11 is 0. The number of fused-ring (bicyclic) bond motifs is 1. The fourth-order valence-corrected chi connectivity index (χ4v) is 5.65. The molecule has 1 unspecified atom stereocenters. The van der Waals surface area contributed by atoms with Gasteiger partial charge in [0.15, 0.2) is 6.61 Å². The van der Waals surface area contributed by atoms with Crippen LogP contribution in [0.3, 0.4) is 0 Å². The standard InChI is InChI=1S/C21H23N3O5S/c1-13-5-7-15(8-6-13)22-21(26)17-4-3-9-24(17)30(27,28)19-11-18-16(10-14(19)2)23-20(25)12-29-18/h5-8,10-11,17H,3-4,9,12H2,1-2H3,(H,22,26)(H,23,25). The highest BCUT2D eigenvalue weighted by atomic mass is 32.2. The first kappa shape index (κ1) is 20.4. The van der Waals surface area contributed by atoms with Crippen LogP contribution in [-0.2, 0) is 19.6 Å². The molecule has 2 amide bonds. The van der Waals surface area contributed by atoms with Gasteiger partial charge in [0.25, 0.3) is 5.91 Å². The van der Waals surface area contributed by atoms with Gasteiger partial charge in [0, 0.05) is 18.3 Å². The largest absolute Gasteiger partial charge is 0.482 e. The maximum absolute atomic E-state index is 13.4. The minimum Gasteiger partial charge on any atom is -0.482 e. The molecule has 9 heteroatoms. The van der Waals surface area contributed by atoms with E-state index >= 15 is 0 Å². The average molecular weight is 429 g/mol. The second-order valence-corrected chi connectivity index (χ2v) is 9.44. The van der Waals surface area contributed by atoms with Crippen LogP contribution in [0.2, 0.25) is 0 Å². The fourth-order valence-electron chi connectivity index (χ4n) is 3.77. The van der Waals surface area contributed by atoms with E-state index in [1.54, 1.807) is 25.1 Å². The number of rotatable bonds is 4. The zero-order valence-electron chi connectivity index (χ0n) is 16.8. The molecule has 2 N–H and O–H groups in total. The highest BCUT2D eigenvalue weighted by molar-refractivity contribution is 7.89. The molecule has 0 aliphatic carbocycles. The van der Waals surface area contributed by atoms with Crippen molar-refractivity contribution >= 4 is 33.2 Å². The Morgan fingerprint density at radius 3 is 2.67 bits per heavy atom. The lowest BCUT2D eigenvalue weighted by molar-refractivity contribution is -0.119. The molecular weight excluding hydrogens is 406 g/mol. The second kappa shape index (κ2) is 7.73. The smallest absolute Gasteiger partial charge is 0.262 e. The first-order valence-corrected chi connectivity index (χ1v) is 11.2. The molecule has 4 rings (SSSR count). The summed E-state index contributed by atoms with van der Waals surface area (Å²) < 4.78 is 33.5. The number of anilines is 2. The maximum Gasteiger partial charge on any atom is 0.262 e. The van der Waals surface area contributed by atoms with Crippen molar-refractivity contribution in [1.29, 1.82) is 0 Å². The fraction of sp³-hybridized carbons (Fsp3) is 0.333. The third-order valence-electron chi connectivity index (χ3n) is 5.32. The van der Waals surface area contributed by atoms with Crippen molar-refractivity contribution in [2.24, 2.45) is 0 Å². The Kier molecular flexibility index (Phi) is 5.25. The summed E-state index contributed by atoms with van der Waals surface area (Å²) in [5.74, 6) is -0.331.